The molecule has 202 valence electrons. The monoisotopic (exact) mass is 517 g/mol. The number of imide groups is 1. The van der Waals surface area contributed by atoms with Crippen LogP contribution in [0.15, 0.2) is 0 Å². The number of aliphatic hydroxyl groups is 1. The van der Waals surface area contributed by atoms with Gasteiger partial charge in [-0.1, -0.05) is 0 Å². The second-order valence-corrected chi connectivity index (χ2v) is 17.0. The van der Waals surface area contributed by atoms with Gasteiger partial charge in [0.15, 0.2) is 19.9 Å². The fourth-order valence-corrected chi connectivity index (χ4v) is 5.87. The molecule has 35 heavy (non-hydrogen) atoms. The van der Waals surface area contributed by atoms with Gasteiger partial charge in [-0.25, -0.2) is 9.69 Å². The molecule has 3 aliphatic rings. The Morgan fingerprint density at radius 1 is 1.06 bits per heavy atom. The standard InChI is InChI=1S/C24H43NO9Si/c1-22(2,3)33-21(28)25-15(19(34-35(8,9)10)17-13-30-24(6,7)32-17)11-14(20(25)27)18(26)16-12-29-23(4,5)31-16/h14-19,26H,11-13H2,1-10H3/t14-,15+,16+,17+,18-,19-/m1/s1. The number of hydrogen-bond acceptors (Lipinski definition) is 9. The largest absolute Gasteiger partial charge is 0.443 e. The van der Waals surface area contributed by atoms with E-state index in [1.165, 1.54) is 0 Å². The summed E-state index contributed by atoms with van der Waals surface area (Å²) in [6.07, 6.45) is -3.60. The fourth-order valence-electron chi connectivity index (χ4n) is 4.74. The van der Waals surface area contributed by atoms with Crippen LogP contribution in [0, 0.1) is 5.92 Å². The Labute approximate surface area is 209 Å². The van der Waals surface area contributed by atoms with Crippen LogP contribution in [0.4, 0.5) is 4.79 Å². The van der Waals surface area contributed by atoms with Crippen LogP contribution in [0.25, 0.3) is 0 Å². The van der Waals surface area contributed by atoms with Gasteiger partial charge in [-0.2, -0.15) is 0 Å². The van der Waals surface area contributed by atoms with Crippen molar-refractivity contribution < 1.29 is 42.8 Å². The molecule has 0 aromatic heterocycles. The molecule has 11 heteroatoms. The summed E-state index contributed by atoms with van der Waals surface area (Å²) in [6, 6.07) is -0.707. The van der Waals surface area contributed by atoms with E-state index >= 15 is 0 Å². The first-order chi connectivity index (χ1) is 15.8. The molecule has 0 saturated carbocycles. The van der Waals surface area contributed by atoms with Crippen molar-refractivity contribution in [2.24, 2.45) is 5.92 Å². The van der Waals surface area contributed by atoms with E-state index < -0.39 is 73.9 Å². The van der Waals surface area contributed by atoms with Crippen molar-refractivity contribution in [2.75, 3.05) is 13.2 Å². The molecule has 0 aromatic rings. The molecule has 0 unspecified atom stereocenters. The molecule has 0 aliphatic carbocycles. The Kier molecular flexibility index (Phi) is 7.86. The van der Waals surface area contributed by atoms with Crippen molar-refractivity contribution in [2.45, 2.75) is 122 Å². The van der Waals surface area contributed by atoms with Crippen LogP contribution >= 0.6 is 0 Å². The summed E-state index contributed by atoms with van der Waals surface area (Å²) in [6.45, 7) is 18.9. The molecule has 3 heterocycles. The Morgan fingerprint density at radius 3 is 2.00 bits per heavy atom. The highest BCUT2D eigenvalue weighted by atomic mass is 28.4. The van der Waals surface area contributed by atoms with Gasteiger partial charge < -0.3 is 33.2 Å². The summed E-state index contributed by atoms with van der Waals surface area (Å²) >= 11 is 0. The number of rotatable bonds is 6. The molecular weight excluding hydrogens is 474 g/mol. The minimum Gasteiger partial charge on any atom is -0.443 e. The molecule has 0 aromatic carbocycles. The van der Waals surface area contributed by atoms with E-state index in [-0.39, 0.29) is 19.6 Å². The molecule has 3 fully saturated rings. The third-order valence-corrected chi connectivity index (χ3v) is 7.04. The van der Waals surface area contributed by atoms with E-state index in [9.17, 15) is 14.7 Å². The highest BCUT2D eigenvalue weighted by molar-refractivity contribution is 6.69. The van der Waals surface area contributed by atoms with Crippen LogP contribution in [-0.2, 0) is 32.9 Å². The Balaban J connectivity index is 1.95. The topological polar surface area (TPSA) is 113 Å². The van der Waals surface area contributed by atoms with Gasteiger partial charge in [0.25, 0.3) is 0 Å². The van der Waals surface area contributed by atoms with Crippen LogP contribution < -0.4 is 0 Å². The van der Waals surface area contributed by atoms with Crippen molar-refractivity contribution in [3.63, 3.8) is 0 Å². The van der Waals surface area contributed by atoms with Gasteiger partial charge >= 0.3 is 6.09 Å². The number of hydrogen-bond donors (Lipinski definition) is 1. The van der Waals surface area contributed by atoms with Gasteiger partial charge in [-0.3, -0.25) is 4.79 Å². The maximum atomic E-state index is 13.7. The number of nitrogens with zero attached hydrogens (tertiary/aromatic N) is 1. The van der Waals surface area contributed by atoms with Crippen LogP contribution in [0.3, 0.4) is 0 Å². The van der Waals surface area contributed by atoms with Gasteiger partial charge in [-0.15, -0.1) is 0 Å². The van der Waals surface area contributed by atoms with Crippen molar-refractivity contribution in [3.8, 4) is 0 Å². The van der Waals surface area contributed by atoms with E-state index in [2.05, 4.69) is 0 Å². The van der Waals surface area contributed by atoms with Gasteiger partial charge in [0.1, 0.15) is 17.8 Å². The summed E-state index contributed by atoms with van der Waals surface area (Å²) in [7, 11) is -2.16. The summed E-state index contributed by atoms with van der Waals surface area (Å²) in [5, 5.41) is 11.2. The number of likely N-dealkylation sites (tertiary alicyclic amines) is 1. The maximum absolute atomic E-state index is 13.7. The zero-order chi connectivity index (χ0) is 26.6. The zero-order valence-electron chi connectivity index (χ0n) is 22.7. The second-order valence-electron chi connectivity index (χ2n) is 12.5. The zero-order valence-corrected chi connectivity index (χ0v) is 23.7. The molecule has 3 saturated heterocycles. The molecule has 0 radical (unpaired) electrons. The van der Waals surface area contributed by atoms with Crippen molar-refractivity contribution in [3.05, 3.63) is 0 Å². The predicted molar refractivity (Wildman–Crippen MR) is 129 cm³/mol. The molecular formula is C24H43NO9Si. The molecule has 6 atom stereocenters. The lowest BCUT2D eigenvalue weighted by atomic mass is 9.92. The second kappa shape index (κ2) is 9.66. The molecule has 3 aliphatic heterocycles. The predicted octanol–water partition coefficient (Wildman–Crippen LogP) is 3.02. The van der Waals surface area contributed by atoms with Gasteiger partial charge in [-0.05, 0) is 74.5 Å². The highest BCUT2D eigenvalue weighted by Gasteiger charge is 2.56. The third kappa shape index (κ3) is 7.03. The minimum absolute atomic E-state index is 0.150. The van der Waals surface area contributed by atoms with E-state index in [0.29, 0.717) is 0 Å². The van der Waals surface area contributed by atoms with Crippen molar-refractivity contribution >= 4 is 20.3 Å². The number of aliphatic hydroxyl groups excluding tert-OH is 1. The lowest BCUT2D eigenvalue weighted by molar-refractivity contribution is -0.159. The number of carbonyl (C=O) groups excluding carboxylic acids is 2. The molecule has 2 amide bonds. The van der Waals surface area contributed by atoms with Crippen molar-refractivity contribution in [1.82, 2.24) is 4.90 Å². The molecule has 0 spiro atoms. The van der Waals surface area contributed by atoms with Gasteiger partial charge in [0, 0.05) is 0 Å². The summed E-state index contributed by atoms with van der Waals surface area (Å²) < 4.78 is 35.5. The van der Waals surface area contributed by atoms with Gasteiger partial charge in [0.2, 0.25) is 5.91 Å². The van der Waals surface area contributed by atoms with E-state index in [1.807, 2.05) is 33.5 Å². The van der Waals surface area contributed by atoms with Crippen LogP contribution in [0.5, 0.6) is 0 Å². The maximum Gasteiger partial charge on any atom is 0.417 e. The van der Waals surface area contributed by atoms with E-state index in [1.54, 1.807) is 34.6 Å². The normalized spacial score (nSPS) is 32.7. The first-order valence-electron chi connectivity index (χ1n) is 12.3. The quantitative estimate of drug-likeness (QED) is 0.531. The first-order valence-corrected chi connectivity index (χ1v) is 15.7. The van der Waals surface area contributed by atoms with E-state index in [0.717, 1.165) is 4.90 Å². The molecule has 0 bridgehead atoms. The lowest BCUT2D eigenvalue weighted by Crippen LogP contribution is -2.55. The molecule has 3 rings (SSSR count). The van der Waals surface area contributed by atoms with Crippen molar-refractivity contribution in [1.29, 1.82) is 0 Å². The van der Waals surface area contributed by atoms with Crippen LogP contribution in [0.1, 0.15) is 54.9 Å². The highest BCUT2D eigenvalue weighted by Crippen LogP contribution is 2.39. The third-order valence-electron chi connectivity index (χ3n) is 6.06. The summed E-state index contributed by atoms with van der Waals surface area (Å²) in [5.41, 5.74) is -0.810. The Bertz CT molecular complexity index is 804. The molecule has 10 nitrogen and oxygen atoms in total. The minimum atomic E-state index is -2.16. The average Bonchev–Trinajstić information content (AvgIpc) is 3.31. The van der Waals surface area contributed by atoms with Gasteiger partial charge in [0.05, 0.1) is 37.4 Å². The number of carbonyl (C=O) groups is 2. The number of ether oxygens (including phenoxy) is 5. The Morgan fingerprint density at radius 2 is 1.57 bits per heavy atom. The van der Waals surface area contributed by atoms with Crippen LogP contribution in [0.2, 0.25) is 19.6 Å². The molecule has 1 N–H and O–H groups in total. The summed E-state index contributed by atoms with van der Waals surface area (Å²) in [5.74, 6) is -3.09. The smallest absolute Gasteiger partial charge is 0.417 e. The van der Waals surface area contributed by atoms with E-state index in [4.69, 9.17) is 28.1 Å². The SMILES string of the molecule is CC(C)(C)OC(=O)N1C(=O)[C@@H]([C@@H](O)[C@@H]2COC(C)(C)O2)C[C@H]1[C@@H](O[Si](C)(C)C)[C@@H]1COC(C)(C)O1. The first kappa shape index (κ1) is 28.5. The average molecular weight is 518 g/mol. The lowest BCUT2D eigenvalue weighted by Gasteiger charge is -2.37. The summed E-state index contributed by atoms with van der Waals surface area (Å²) in [4.78, 5) is 28.1. The Hall–Kier alpha value is -1.08. The fraction of sp³-hybridized carbons (Fsp3) is 0.917. The van der Waals surface area contributed by atoms with Crippen LogP contribution in [-0.4, -0.2) is 91.2 Å². The number of amides is 2.